The number of aliphatic carboxylic acids is 1. The van der Waals surface area contributed by atoms with Crippen molar-refractivity contribution < 1.29 is 19.2 Å². The molecule has 2 aromatic heterocycles. The molecule has 0 aliphatic carbocycles. The van der Waals surface area contributed by atoms with E-state index in [1.807, 2.05) is 13.8 Å². The number of pyridine rings is 1. The Kier molecular flexibility index (Phi) is 6.16. The molecule has 7 nitrogen and oxygen atoms in total. The molecule has 0 spiro atoms. The molecule has 0 aliphatic heterocycles. The minimum atomic E-state index is -0.891. The molecule has 0 saturated carbocycles. The van der Waals surface area contributed by atoms with E-state index in [1.54, 1.807) is 24.3 Å². The first-order valence-corrected chi connectivity index (χ1v) is 9.26. The number of benzene rings is 1. The fraction of sp³-hybridized carbons (Fsp3) is 0.263. The smallest absolute Gasteiger partial charge is 0.303 e. The minimum Gasteiger partial charge on any atom is -0.481 e. The normalized spacial score (nSPS) is 11.0. The van der Waals surface area contributed by atoms with Crippen LogP contribution in [-0.2, 0) is 11.2 Å². The number of hydrogen-bond donors (Lipinski definition) is 1. The van der Waals surface area contributed by atoms with Gasteiger partial charge in [-0.2, -0.15) is 4.98 Å². The Morgan fingerprint density at radius 1 is 1.32 bits per heavy atom. The van der Waals surface area contributed by atoms with Crippen molar-refractivity contribution in [2.45, 2.75) is 32.8 Å². The monoisotopic (exact) mass is 421 g/mol. The van der Waals surface area contributed by atoms with Gasteiger partial charge in [-0.3, -0.25) is 4.79 Å². The molecule has 0 saturated heterocycles. The van der Waals surface area contributed by atoms with Crippen LogP contribution >= 0.6 is 23.2 Å². The van der Waals surface area contributed by atoms with Crippen LogP contribution in [0.4, 0.5) is 0 Å². The molecule has 0 radical (unpaired) electrons. The Bertz CT molecular complexity index is 1000. The van der Waals surface area contributed by atoms with Gasteiger partial charge in [0.1, 0.15) is 5.02 Å². The fourth-order valence-corrected chi connectivity index (χ4v) is 3.01. The molecule has 3 aromatic rings. The van der Waals surface area contributed by atoms with Crippen LogP contribution in [0, 0.1) is 0 Å². The third-order valence-electron chi connectivity index (χ3n) is 3.76. The lowest BCUT2D eigenvalue weighted by Crippen LogP contribution is -2.07. The molecule has 2 heterocycles. The second kappa shape index (κ2) is 8.58. The topological polar surface area (TPSA) is 98.3 Å². The van der Waals surface area contributed by atoms with Gasteiger partial charge in [-0.1, -0.05) is 40.5 Å². The Balaban J connectivity index is 1.87. The molecule has 1 N–H and O–H groups in total. The average Bonchev–Trinajstić information content (AvgIpc) is 3.12. The molecule has 0 unspecified atom stereocenters. The van der Waals surface area contributed by atoms with Crippen LogP contribution in [0.3, 0.4) is 0 Å². The van der Waals surface area contributed by atoms with Crippen LogP contribution < -0.4 is 4.74 Å². The van der Waals surface area contributed by atoms with Crippen LogP contribution in [0.15, 0.2) is 35.0 Å². The number of aryl methyl sites for hydroxylation is 1. The van der Waals surface area contributed by atoms with Crippen LogP contribution in [-0.4, -0.2) is 32.3 Å². The summed E-state index contributed by atoms with van der Waals surface area (Å²) in [5, 5.41) is 13.6. The first-order chi connectivity index (χ1) is 13.3. The van der Waals surface area contributed by atoms with E-state index in [-0.39, 0.29) is 24.2 Å². The first-order valence-electron chi connectivity index (χ1n) is 8.51. The first kappa shape index (κ1) is 20.1. The SMILES string of the molecule is CC(C)Oc1ncc(-c2nc(-c3cccc(CCC(=O)O)c3Cl)no2)cc1Cl. The zero-order valence-corrected chi connectivity index (χ0v) is 16.7. The highest BCUT2D eigenvalue weighted by Crippen LogP contribution is 2.32. The highest BCUT2D eigenvalue weighted by Gasteiger charge is 2.17. The number of carbonyl (C=O) groups is 1. The molecule has 0 amide bonds. The van der Waals surface area contributed by atoms with Gasteiger partial charge in [0.25, 0.3) is 5.89 Å². The molecule has 146 valence electrons. The zero-order valence-electron chi connectivity index (χ0n) is 15.1. The zero-order chi connectivity index (χ0) is 20.3. The van der Waals surface area contributed by atoms with Gasteiger partial charge in [-0.15, -0.1) is 0 Å². The van der Waals surface area contributed by atoms with Gasteiger partial charge in [0.05, 0.1) is 16.7 Å². The molecule has 0 fully saturated rings. The molecule has 1 aromatic carbocycles. The second-order valence-corrected chi connectivity index (χ2v) is 7.06. The number of carboxylic acid groups (broad SMARTS) is 1. The van der Waals surface area contributed by atoms with Gasteiger partial charge in [0.15, 0.2) is 0 Å². The Hall–Kier alpha value is -2.64. The number of halogens is 2. The van der Waals surface area contributed by atoms with Crippen molar-refractivity contribution in [2.75, 3.05) is 0 Å². The van der Waals surface area contributed by atoms with E-state index in [4.69, 9.17) is 37.6 Å². The summed E-state index contributed by atoms with van der Waals surface area (Å²) in [5.74, 6) is -0.0461. The lowest BCUT2D eigenvalue weighted by Gasteiger charge is -2.09. The summed E-state index contributed by atoms with van der Waals surface area (Å²) < 4.78 is 10.8. The maximum absolute atomic E-state index is 10.8. The summed E-state index contributed by atoms with van der Waals surface area (Å²) in [6.45, 7) is 3.76. The van der Waals surface area contributed by atoms with Crippen molar-refractivity contribution >= 4 is 29.2 Å². The minimum absolute atomic E-state index is 0.0182. The molecular weight excluding hydrogens is 405 g/mol. The van der Waals surface area contributed by atoms with E-state index in [0.717, 1.165) is 0 Å². The van der Waals surface area contributed by atoms with Crippen LogP contribution in [0.1, 0.15) is 25.8 Å². The van der Waals surface area contributed by atoms with Crippen molar-refractivity contribution in [3.05, 3.63) is 46.1 Å². The predicted octanol–water partition coefficient (Wildman–Crippen LogP) is 4.91. The fourth-order valence-electron chi connectivity index (χ4n) is 2.49. The average molecular weight is 422 g/mol. The largest absolute Gasteiger partial charge is 0.481 e. The number of rotatable bonds is 7. The van der Waals surface area contributed by atoms with E-state index >= 15 is 0 Å². The van der Waals surface area contributed by atoms with Crippen molar-refractivity contribution in [2.24, 2.45) is 0 Å². The Morgan fingerprint density at radius 2 is 2.11 bits per heavy atom. The highest BCUT2D eigenvalue weighted by atomic mass is 35.5. The van der Waals surface area contributed by atoms with Crippen molar-refractivity contribution in [3.63, 3.8) is 0 Å². The summed E-state index contributed by atoms with van der Waals surface area (Å²) in [6, 6.07) is 6.91. The Labute approximate surface area is 171 Å². The van der Waals surface area contributed by atoms with E-state index in [9.17, 15) is 4.79 Å². The van der Waals surface area contributed by atoms with Crippen molar-refractivity contribution in [1.29, 1.82) is 0 Å². The third-order valence-corrected chi connectivity index (χ3v) is 4.47. The predicted molar refractivity (Wildman–Crippen MR) is 105 cm³/mol. The van der Waals surface area contributed by atoms with E-state index in [1.165, 1.54) is 6.20 Å². The number of nitrogens with zero attached hydrogens (tertiary/aromatic N) is 3. The van der Waals surface area contributed by atoms with Gasteiger partial charge >= 0.3 is 5.97 Å². The van der Waals surface area contributed by atoms with E-state index in [2.05, 4.69) is 15.1 Å². The number of carboxylic acids is 1. The number of hydrogen-bond acceptors (Lipinski definition) is 6. The summed E-state index contributed by atoms with van der Waals surface area (Å²) in [5.41, 5.74) is 1.80. The highest BCUT2D eigenvalue weighted by molar-refractivity contribution is 6.34. The second-order valence-electron chi connectivity index (χ2n) is 6.27. The molecule has 3 rings (SSSR count). The van der Waals surface area contributed by atoms with E-state index < -0.39 is 5.97 Å². The summed E-state index contributed by atoms with van der Waals surface area (Å²) in [6.07, 6.45) is 1.77. The molecule has 28 heavy (non-hydrogen) atoms. The van der Waals surface area contributed by atoms with Gasteiger partial charge in [-0.25, -0.2) is 4.98 Å². The Morgan fingerprint density at radius 3 is 2.79 bits per heavy atom. The van der Waals surface area contributed by atoms with Crippen LogP contribution in [0.25, 0.3) is 22.8 Å². The lowest BCUT2D eigenvalue weighted by atomic mass is 10.1. The van der Waals surface area contributed by atoms with Gasteiger partial charge in [0.2, 0.25) is 11.7 Å². The summed E-state index contributed by atoms with van der Waals surface area (Å²) in [4.78, 5) is 19.3. The van der Waals surface area contributed by atoms with Gasteiger partial charge in [0, 0.05) is 18.2 Å². The van der Waals surface area contributed by atoms with Crippen LogP contribution in [0.2, 0.25) is 10.0 Å². The van der Waals surface area contributed by atoms with Crippen molar-refractivity contribution in [3.8, 4) is 28.7 Å². The molecule has 0 bridgehead atoms. The molecule has 0 aliphatic rings. The summed E-state index contributed by atoms with van der Waals surface area (Å²) >= 11 is 12.6. The molecule has 9 heteroatoms. The number of ether oxygens (including phenoxy) is 1. The quantitative estimate of drug-likeness (QED) is 0.578. The van der Waals surface area contributed by atoms with Crippen LogP contribution in [0.5, 0.6) is 5.88 Å². The standard InChI is InChI=1S/C19H17Cl2N3O4/c1-10(2)27-19-14(20)8-12(9-22-19)18-23-17(24-28-18)13-5-3-4-11(16(13)21)6-7-15(25)26/h3-5,8-10H,6-7H2,1-2H3,(H,25,26). The molecular formula is C19H17Cl2N3O4. The lowest BCUT2D eigenvalue weighted by molar-refractivity contribution is -0.136. The van der Waals surface area contributed by atoms with E-state index in [0.29, 0.717) is 39.0 Å². The maximum atomic E-state index is 10.8. The van der Waals surface area contributed by atoms with Gasteiger partial charge in [-0.05, 0) is 38.0 Å². The van der Waals surface area contributed by atoms with Gasteiger partial charge < -0.3 is 14.4 Å². The number of aromatic nitrogens is 3. The van der Waals surface area contributed by atoms with Crippen molar-refractivity contribution in [1.82, 2.24) is 15.1 Å². The molecule has 0 atom stereocenters. The third kappa shape index (κ3) is 4.61. The summed E-state index contributed by atoms with van der Waals surface area (Å²) in [7, 11) is 0. The maximum Gasteiger partial charge on any atom is 0.303 e.